The molecule has 0 saturated heterocycles. The number of carboxylic acids is 1. The number of carboxylic acid groups (broad SMARTS) is 1. The molecule has 9 heteroatoms. The van der Waals surface area contributed by atoms with Gasteiger partial charge in [0.15, 0.2) is 5.96 Å². The first-order valence-electron chi connectivity index (χ1n) is 1.99. The van der Waals surface area contributed by atoms with Gasteiger partial charge < -0.3 is 22.7 Å². The molecular formula is C3H12Cl2N4O2Pd. The Hall–Kier alpha value is -0.0577. The number of nitrogens with two attached hydrogens (primary N) is 2. The Morgan fingerprint density at radius 1 is 1.50 bits per heavy atom. The Kier molecular flexibility index (Phi) is 42.4. The third kappa shape index (κ3) is 239000. The first-order valence-corrected chi connectivity index (χ1v) is 6.00. The summed E-state index contributed by atoms with van der Waals surface area (Å²) in [5.74, 6) is -1.17. The van der Waals surface area contributed by atoms with E-state index < -0.39 is 5.97 Å². The van der Waals surface area contributed by atoms with E-state index in [2.05, 4.69) is 11.5 Å². The van der Waals surface area contributed by atoms with E-state index in [1.165, 1.54) is 0 Å². The van der Waals surface area contributed by atoms with Crippen molar-refractivity contribution in [2.75, 3.05) is 0 Å². The van der Waals surface area contributed by atoms with Gasteiger partial charge in [0.25, 0.3) is 5.97 Å². The molecule has 0 aliphatic rings. The molecule has 0 spiro atoms. The summed E-state index contributed by atoms with van der Waals surface area (Å²) < 4.78 is 0. The van der Waals surface area contributed by atoms with Crippen LogP contribution in [0, 0.1) is 5.41 Å². The monoisotopic (exact) mass is 312 g/mol. The van der Waals surface area contributed by atoms with Gasteiger partial charge in [0.2, 0.25) is 0 Å². The minimum atomic E-state index is -0.833. The first-order chi connectivity index (χ1) is 4.88. The van der Waals surface area contributed by atoms with Gasteiger partial charge in [-0.1, -0.05) is 0 Å². The third-order valence-corrected chi connectivity index (χ3v) is 0. The van der Waals surface area contributed by atoms with Crippen LogP contribution in [-0.4, -0.2) is 17.0 Å². The van der Waals surface area contributed by atoms with E-state index in [-0.39, 0.29) is 28.0 Å². The second kappa shape index (κ2) is 22.4. The van der Waals surface area contributed by atoms with Gasteiger partial charge in [0.05, 0.1) is 0 Å². The Labute approximate surface area is 86.8 Å². The SMILES string of the molecule is CC(=O)O.N.N=C(N)N.[Cl][Pd][Cl]. The van der Waals surface area contributed by atoms with E-state index in [4.69, 9.17) is 34.4 Å². The molecule has 0 aliphatic carbocycles. The van der Waals surface area contributed by atoms with Crippen LogP contribution >= 0.6 is 19.1 Å². The van der Waals surface area contributed by atoms with Gasteiger partial charge in [-0.25, -0.2) is 0 Å². The Balaban J connectivity index is -0.0000000389. The summed E-state index contributed by atoms with van der Waals surface area (Å²) in [5, 5.41) is 13.5. The summed E-state index contributed by atoms with van der Waals surface area (Å²) in [5.41, 5.74) is 8.94. The van der Waals surface area contributed by atoms with Crippen LogP contribution in [0.4, 0.5) is 0 Å². The van der Waals surface area contributed by atoms with E-state index in [9.17, 15) is 0 Å². The molecule has 0 aromatic heterocycles. The zero-order chi connectivity index (χ0) is 9.86. The van der Waals surface area contributed by atoms with Crippen molar-refractivity contribution in [3.63, 3.8) is 0 Å². The molecule has 0 amide bonds. The van der Waals surface area contributed by atoms with E-state index in [0.29, 0.717) is 0 Å². The van der Waals surface area contributed by atoms with E-state index in [1.54, 1.807) is 0 Å². The van der Waals surface area contributed by atoms with Gasteiger partial charge in [-0.05, 0) is 0 Å². The maximum atomic E-state index is 9.00. The zero-order valence-electron chi connectivity index (χ0n) is 6.29. The molecule has 0 aliphatic heterocycles. The molecule has 12 heavy (non-hydrogen) atoms. The van der Waals surface area contributed by atoms with E-state index in [1.807, 2.05) is 0 Å². The quantitative estimate of drug-likeness (QED) is 0.250. The number of halogens is 2. The molecule has 0 fully saturated rings. The van der Waals surface area contributed by atoms with Crippen LogP contribution in [0.15, 0.2) is 0 Å². The van der Waals surface area contributed by atoms with Gasteiger partial charge >= 0.3 is 35.0 Å². The van der Waals surface area contributed by atoms with Crippen molar-refractivity contribution in [2.24, 2.45) is 11.5 Å². The summed E-state index contributed by atoms with van der Waals surface area (Å²) in [6, 6.07) is 0. The molecule has 0 bridgehead atoms. The zero-order valence-corrected chi connectivity index (χ0v) is 9.36. The summed E-state index contributed by atoms with van der Waals surface area (Å²) in [6.45, 7) is 1.08. The number of guanidine groups is 1. The molecule has 0 aromatic rings. The van der Waals surface area contributed by atoms with Crippen molar-refractivity contribution >= 4 is 31.0 Å². The van der Waals surface area contributed by atoms with Crippen LogP contribution in [-0.2, 0) is 20.7 Å². The molecule has 9 N–H and O–H groups in total. The average Bonchev–Trinajstić information content (AvgIpc) is 1.60. The van der Waals surface area contributed by atoms with Crippen molar-refractivity contribution in [1.82, 2.24) is 6.15 Å². The van der Waals surface area contributed by atoms with Gasteiger partial charge in [-0.2, -0.15) is 0 Å². The maximum absolute atomic E-state index is 9.00. The third-order valence-electron chi connectivity index (χ3n) is 0. The normalized spacial score (nSPS) is 5.92. The van der Waals surface area contributed by atoms with Crippen molar-refractivity contribution < 1.29 is 25.8 Å². The molecule has 0 saturated carbocycles. The summed E-state index contributed by atoms with van der Waals surface area (Å²) in [4.78, 5) is 9.00. The van der Waals surface area contributed by atoms with Crippen molar-refractivity contribution in [2.45, 2.75) is 6.92 Å². The van der Waals surface area contributed by atoms with Gasteiger partial charge in [-0.3, -0.25) is 10.2 Å². The van der Waals surface area contributed by atoms with Crippen molar-refractivity contribution in [3.8, 4) is 0 Å². The number of hydrogen-bond acceptors (Lipinski definition) is 3. The topological polar surface area (TPSA) is 148 Å². The first kappa shape index (κ1) is 22.7. The van der Waals surface area contributed by atoms with E-state index in [0.717, 1.165) is 6.92 Å². The molecule has 6 nitrogen and oxygen atoms in total. The van der Waals surface area contributed by atoms with Crippen LogP contribution < -0.4 is 17.6 Å². The minimum absolute atomic E-state index is 0. The number of carbonyl (C=O) groups is 1. The van der Waals surface area contributed by atoms with Crippen LogP contribution in [0.3, 0.4) is 0 Å². The molecule has 0 rings (SSSR count). The van der Waals surface area contributed by atoms with Crippen molar-refractivity contribution in [3.05, 3.63) is 0 Å². The fourth-order valence-corrected chi connectivity index (χ4v) is 0. The predicted octanol–water partition coefficient (Wildman–Crippen LogP) is 0.468. The Morgan fingerprint density at radius 3 is 1.50 bits per heavy atom. The molecule has 0 atom stereocenters. The van der Waals surface area contributed by atoms with Crippen molar-refractivity contribution in [1.29, 1.82) is 5.41 Å². The number of hydrogen-bond donors (Lipinski definition) is 5. The second-order valence-electron chi connectivity index (χ2n) is 1.02. The number of rotatable bonds is 0. The Bertz CT molecular complexity index is 94.5. The van der Waals surface area contributed by atoms with Crippen LogP contribution in [0.1, 0.15) is 6.92 Å². The van der Waals surface area contributed by atoms with Crippen LogP contribution in [0.2, 0.25) is 0 Å². The second-order valence-corrected chi connectivity index (χ2v) is 3.38. The predicted molar refractivity (Wildman–Crippen MR) is 46.1 cm³/mol. The van der Waals surface area contributed by atoms with Gasteiger partial charge in [0.1, 0.15) is 0 Å². The van der Waals surface area contributed by atoms with E-state index >= 15 is 0 Å². The van der Waals surface area contributed by atoms with Gasteiger partial charge in [0, 0.05) is 6.92 Å². The van der Waals surface area contributed by atoms with Gasteiger partial charge in [-0.15, -0.1) is 0 Å². The molecule has 0 unspecified atom stereocenters. The summed E-state index contributed by atoms with van der Waals surface area (Å²) >= 11 is -0.106. The molecular weight excluding hydrogens is 301 g/mol. The standard InChI is InChI=1S/C2H4O2.CH5N3.2ClH.H3N.Pd/c1-2(3)4;2-1(3)4;;;;/h1H3,(H,3,4);(H5,2,3,4);2*1H;1H3;/q;;;;;+2/p-2. The fraction of sp³-hybridized carbons (Fsp3) is 0.333. The van der Waals surface area contributed by atoms with Crippen LogP contribution in [0.5, 0.6) is 0 Å². The van der Waals surface area contributed by atoms with Crippen LogP contribution in [0.25, 0.3) is 0 Å². The molecule has 80 valence electrons. The molecule has 0 heterocycles. The fourth-order valence-electron chi connectivity index (χ4n) is 0. The number of nitrogens with one attached hydrogen (secondary N) is 1. The average molecular weight is 313 g/mol. The Morgan fingerprint density at radius 2 is 1.50 bits per heavy atom. The molecule has 0 radical (unpaired) electrons. The summed E-state index contributed by atoms with van der Waals surface area (Å²) in [6.07, 6.45) is 0. The molecule has 0 aromatic carbocycles. The number of aliphatic carboxylic acids is 1. The summed E-state index contributed by atoms with van der Waals surface area (Å²) in [7, 11) is 9.63.